The van der Waals surface area contributed by atoms with Gasteiger partial charge >= 0.3 is 10.2 Å². The normalized spacial score (nSPS) is 11.5. The summed E-state index contributed by atoms with van der Waals surface area (Å²) in [4.78, 5) is -0.353. The van der Waals surface area contributed by atoms with Crippen LogP contribution in [0.5, 0.6) is 0 Å². The standard InChI is InChI=1S/C7H6BFO2S/c1-5-4-6(12(9,10)11)2-3-7(5)8/h2-4H,1H3. The minimum absolute atomic E-state index is 0.353. The second kappa shape index (κ2) is 2.90. The lowest BCUT2D eigenvalue weighted by atomic mass is 9.92. The first kappa shape index (κ1) is 9.25. The van der Waals surface area contributed by atoms with Crippen molar-refractivity contribution in [2.45, 2.75) is 11.8 Å². The summed E-state index contributed by atoms with van der Waals surface area (Å²) in [6.07, 6.45) is 0. The maximum absolute atomic E-state index is 12.4. The minimum atomic E-state index is -4.60. The van der Waals surface area contributed by atoms with E-state index in [9.17, 15) is 12.3 Å². The van der Waals surface area contributed by atoms with Crippen molar-refractivity contribution in [1.82, 2.24) is 0 Å². The van der Waals surface area contributed by atoms with Crippen LogP contribution >= 0.6 is 0 Å². The third-order valence-electron chi connectivity index (χ3n) is 1.52. The highest BCUT2D eigenvalue weighted by atomic mass is 32.3. The fraction of sp³-hybridized carbons (Fsp3) is 0.143. The molecule has 0 unspecified atom stereocenters. The summed E-state index contributed by atoms with van der Waals surface area (Å²) in [5.74, 6) is 0. The third-order valence-corrected chi connectivity index (χ3v) is 2.34. The van der Waals surface area contributed by atoms with Crippen LogP contribution in [-0.4, -0.2) is 16.3 Å². The molecule has 0 spiro atoms. The fourth-order valence-electron chi connectivity index (χ4n) is 0.800. The molecule has 0 aliphatic heterocycles. The molecule has 0 amide bonds. The first-order valence-electron chi connectivity index (χ1n) is 3.22. The predicted molar refractivity (Wildman–Crippen MR) is 44.9 cm³/mol. The Hall–Kier alpha value is -0.835. The van der Waals surface area contributed by atoms with Crippen LogP contribution in [0.1, 0.15) is 5.56 Å². The van der Waals surface area contributed by atoms with E-state index in [0.717, 1.165) is 6.07 Å². The summed E-state index contributed by atoms with van der Waals surface area (Å²) < 4.78 is 33.1. The highest BCUT2D eigenvalue weighted by molar-refractivity contribution is 7.86. The first-order valence-corrected chi connectivity index (χ1v) is 4.60. The van der Waals surface area contributed by atoms with E-state index in [4.69, 9.17) is 7.85 Å². The zero-order valence-corrected chi connectivity index (χ0v) is 7.23. The van der Waals surface area contributed by atoms with Crippen LogP contribution < -0.4 is 5.46 Å². The van der Waals surface area contributed by atoms with Gasteiger partial charge in [-0.25, -0.2) is 0 Å². The van der Waals surface area contributed by atoms with Gasteiger partial charge in [0.25, 0.3) is 0 Å². The summed E-state index contributed by atoms with van der Waals surface area (Å²) in [5, 5.41) is 0. The molecule has 2 radical (unpaired) electrons. The van der Waals surface area contributed by atoms with Crippen molar-refractivity contribution in [2.75, 3.05) is 0 Å². The number of benzene rings is 1. The fourth-order valence-corrected chi connectivity index (χ4v) is 1.35. The zero-order valence-electron chi connectivity index (χ0n) is 6.41. The molecule has 1 aromatic rings. The summed E-state index contributed by atoms with van der Waals surface area (Å²) in [7, 11) is 0.817. The van der Waals surface area contributed by atoms with Gasteiger partial charge in [-0.3, -0.25) is 0 Å². The smallest absolute Gasteiger partial charge is 0.189 e. The molecule has 1 rings (SSSR count). The third kappa shape index (κ3) is 1.85. The van der Waals surface area contributed by atoms with E-state index in [0.29, 0.717) is 11.0 Å². The molecule has 0 fully saturated rings. The molecule has 62 valence electrons. The van der Waals surface area contributed by atoms with E-state index in [1.165, 1.54) is 12.1 Å². The van der Waals surface area contributed by atoms with Crippen molar-refractivity contribution in [3.05, 3.63) is 23.8 Å². The Balaban J connectivity index is 3.33. The number of rotatable bonds is 1. The van der Waals surface area contributed by atoms with E-state index < -0.39 is 10.2 Å². The number of hydrogen-bond acceptors (Lipinski definition) is 2. The molecule has 0 N–H and O–H groups in total. The predicted octanol–water partition coefficient (Wildman–Crippen LogP) is 0.447. The molecule has 5 heteroatoms. The number of hydrogen-bond donors (Lipinski definition) is 0. The van der Waals surface area contributed by atoms with Crippen molar-refractivity contribution in [2.24, 2.45) is 0 Å². The zero-order chi connectivity index (χ0) is 9.35. The maximum atomic E-state index is 12.4. The molecule has 0 aliphatic rings. The Kier molecular flexibility index (Phi) is 2.23. The number of aryl methyl sites for hydroxylation is 1. The Labute approximate surface area is 72.0 Å². The lowest BCUT2D eigenvalue weighted by molar-refractivity contribution is 0.552. The molecule has 0 aliphatic carbocycles. The Bertz CT molecular complexity index is 400. The van der Waals surface area contributed by atoms with Crippen LogP contribution in [0, 0.1) is 6.92 Å². The quantitative estimate of drug-likeness (QED) is 0.469. The monoisotopic (exact) mass is 184 g/mol. The molecule has 0 saturated carbocycles. The molecule has 1 aromatic carbocycles. The summed E-state index contributed by atoms with van der Waals surface area (Å²) in [5.41, 5.74) is 0.996. The van der Waals surface area contributed by atoms with Crippen molar-refractivity contribution >= 4 is 23.5 Å². The second-order valence-electron chi connectivity index (χ2n) is 2.46. The van der Waals surface area contributed by atoms with Gasteiger partial charge in [0.05, 0.1) is 4.90 Å². The van der Waals surface area contributed by atoms with Gasteiger partial charge in [-0.05, 0) is 19.1 Å². The Morgan fingerprint density at radius 2 is 2.00 bits per heavy atom. The first-order chi connectivity index (χ1) is 5.41. The molecule has 0 aromatic heterocycles. The van der Waals surface area contributed by atoms with Crippen molar-refractivity contribution in [1.29, 1.82) is 0 Å². The summed E-state index contributed by atoms with van der Waals surface area (Å²) in [6.45, 7) is 1.62. The molecule has 0 bridgehead atoms. The lowest BCUT2D eigenvalue weighted by Gasteiger charge is -2.00. The van der Waals surface area contributed by atoms with E-state index in [1.807, 2.05) is 0 Å². The van der Waals surface area contributed by atoms with Gasteiger partial charge in [0, 0.05) is 0 Å². The van der Waals surface area contributed by atoms with Gasteiger partial charge < -0.3 is 0 Å². The Morgan fingerprint density at radius 3 is 2.42 bits per heavy atom. The van der Waals surface area contributed by atoms with E-state index in [2.05, 4.69) is 0 Å². The SMILES string of the molecule is [B]c1ccc(S(=O)(=O)F)cc1C. The molecular formula is C7H6BFO2S. The second-order valence-corrected chi connectivity index (χ2v) is 3.80. The van der Waals surface area contributed by atoms with E-state index in [1.54, 1.807) is 6.92 Å². The highest BCUT2D eigenvalue weighted by Gasteiger charge is 2.11. The molecule has 12 heavy (non-hydrogen) atoms. The largest absolute Gasteiger partial charge is 0.332 e. The number of halogens is 1. The van der Waals surface area contributed by atoms with Crippen molar-refractivity contribution in [3.63, 3.8) is 0 Å². The van der Waals surface area contributed by atoms with Gasteiger partial charge in [-0.15, -0.1) is 3.89 Å². The van der Waals surface area contributed by atoms with E-state index in [-0.39, 0.29) is 4.90 Å². The molecular weight excluding hydrogens is 178 g/mol. The van der Waals surface area contributed by atoms with Crippen LogP contribution in [-0.2, 0) is 10.2 Å². The van der Waals surface area contributed by atoms with E-state index >= 15 is 0 Å². The van der Waals surface area contributed by atoms with Gasteiger partial charge in [-0.1, -0.05) is 17.1 Å². The highest BCUT2D eigenvalue weighted by Crippen LogP contribution is 2.11. The minimum Gasteiger partial charge on any atom is -0.189 e. The van der Waals surface area contributed by atoms with Crippen LogP contribution in [0.4, 0.5) is 3.89 Å². The molecule has 2 nitrogen and oxygen atoms in total. The van der Waals surface area contributed by atoms with Crippen molar-refractivity contribution in [3.8, 4) is 0 Å². The summed E-state index contributed by atoms with van der Waals surface area (Å²) >= 11 is 0. The molecule has 0 atom stereocenters. The van der Waals surface area contributed by atoms with Crippen LogP contribution in [0.2, 0.25) is 0 Å². The van der Waals surface area contributed by atoms with Crippen molar-refractivity contribution < 1.29 is 12.3 Å². The van der Waals surface area contributed by atoms with Crippen LogP contribution in [0.15, 0.2) is 23.1 Å². The molecule has 0 saturated heterocycles. The van der Waals surface area contributed by atoms with Crippen LogP contribution in [0.25, 0.3) is 0 Å². The van der Waals surface area contributed by atoms with Gasteiger partial charge in [0.1, 0.15) is 7.85 Å². The Morgan fingerprint density at radius 1 is 1.42 bits per heavy atom. The molecule has 0 heterocycles. The van der Waals surface area contributed by atoms with Gasteiger partial charge in [-0.2, -0.15) is 8.42 Å². The lowest BCUT2D eigenvalue weighted by Crippen LogP contribution is -2.07. The maximum Gasteiger partial charge on any atom is 0.332 e. The van der Waals surface area contributed by atoms with Crippen LogP contribution in [0.3, 0.4) is 0 Å². The average Bonchev–Trinajstić information content (AvgIpc) is 1.92. The van der Waals surface area contributed by atoms with Gasteiger partial charge in [0.15, 0.2) is 0 Å². The van der Waals surface area contributed by atoms with Gasteiger partial charge in [0.2, 0.25) is 0 Å². The average molecular weight is 184 g/mol. The summed E-state index contributed by atoms with van der Waals surface area (Å²) in [6, 6.07) is 3.70. The topological polar surface area (TPSA) is 34.1 Å².